The molecule has 2 aromatic rings. The van der Waals surface area contributed by atoms with E-state index >= 15 is 0 Å². The largest absolute Gasteiger partial charge is 0.443 e. The van der Waals surface area contributed by atoms with E-state index < -0.39 is 41.4 Å². The average molecular weight is 507 g/mol. The van der Waals surface area contributed by atoms with E-state index in [1.807, 2.05) is 0 Å². The van der Waals surface area contributed by atoms with Gasteiger partial charge in [-0.25, -0.2) is 10.2 Å². The molecule has 0 aromatic heterocycles. The van der Waals surface area contributed by atoms with Crippen LogP contribution >= 0.6 is 0 Å². The Hall–Kier alpha value is -4.54. The van der Waals surface area contributed by atoms with Gasteiger partial charge in [-0.1, -0.05) is 24.3 Å². The summed E-state index contributed by atoms with van der Waals surface area (Å²) < 4.78 is 5.16. The minimum Gasteiger partial charge on any atom is -0.443 e. The lowest BCUT2D eigenvalue weighted by Crippen LogP contribution is -2.54. The predicted octanol–water partition coefficient (Wildman–Crippen LogP) is 2.36. The topological polar surface area (TPSA) is 151 Å². The molecule has 5 amide bonds. The molecule has 2 heterocycles. The number of ketones is 1. The van der Waals surface area contributed by atoms with E-state index in [0.29, 0.717) is 16.8 Å². The molecule has 1 fully saturated rings. The number of nitrogens with one attached hydrogen (secondary N) is 3. The maximum absolute atomic E-state index is 13.2. The zero-order chi connectivity index (χ0) is 26.9. The van der Waals surface area contributed by atoms with Crippen LogP contribution in [0.25, 0.3) is 0 Å². The first-order valence-corrected chi connectivity index (χ1v) is 11.7. The van der Waals surface area contributed by atoms with E-state index in [0.717, 1.165) is 4.90 Å². The average Bonchev–Trinajstić information content (AvgIpc) is 3.08. The van der Waals surface area contributed by atoms with Crippen LogP contribution in [-0.4, -0.2) is 52.0 Å². The number of amides is 5. The van der Waals surface area contributed by atoms with Gasteiger partial charge in [0.05, 0.1) is 16.8 Å². The molecule has 11 heteroatoms. The summed E-state index contributed by atoms with van der Waals surface area (Å²) in [6.45, 7) is 5.19. The summed E-state index contributed by atoms with van der Waals surface area (Å²) in [6, 6.07) is 9.94. The summed E-state index contributed by atoms with van der Waals surface area (Å²) in [5.74, 6) is -2.79. The van der Waals surface area contributed by atoms with Crippen LogP contribution in [0, 0.1) is 0 Å². The third-order valence-electron chi connectivity index (χ3n) is 5.80. The molecule has 4 rings (SSSR count). The van der Waals surface area contributed by atoms with Gasteiger partial charge in [-0.2, -0.15) is 0 Å². The highest BCUT2D eigenvalue weighted by Crippen LogP contribution is 2.30. The molecule has 2 aromatic carbocycles. The highest BCUT2D eigenvalue weighted by molar-refractivity contribution is 6.24. The summed E-state index contributed by atoms with van der Waals surface area (Å²) in [6.07, 6.45) is -0.800. The number of imide groups is 2. The van der Waals surface area contributed by atoms with Gasteiger partial charge in [0.15, 0.2) is 5.78 Å². The van der Waals surface area contributed by atoms with Crippen molar-refractivity contribution in [3.05, 3.63) is 64.7 Å². The number of carbonyl (C=O) groups is 6. The number of rotatable bonds is 6. The number of fused-ring (bicyclic) bond motifs is 1. The minimum absolute atomic E-state index is 0.0162. The van der Waals surface area contributed by atoms with Gasteiger partial charge in [-0.15, -0.1) is 0 Å². The van der Waals surface area contributed by atoms with Gasteiger partial charge >= 0.3 is 6.09 Å². The maximum atomic E-state index is 13.2. The Morgan fingerprint density at radius 3 is 2.49 bits per heavy atom. The lowest BCUT2D eigenvalue weighted by molar-refractivity contribution is -0.136. The number of benzene rings is 2. The first-order valence-electron chi connectivity index (χ1n) is 11.7. The normalized spacial score (nSPS) is 17.3. The first kappa shape index (κ1) is 25.5. The lowest BCUT2D eigenvalue weighted by atomic mass is 9.96. The van der Waals surface area contributed by atoms with Gasteiger partial charge in [0.1, 0.15) is 11.6 Å². The number of ether oxygens (including phenoxy) is 1. The van der Waals surface area contributed by atoms with Crippen LogP contribution in [-0.2, 0) is 20.7 Å². The number of nitrogens with zero attached hydrogens (tertiary/aromatic N) is 1. The Balaban J connectivity index is 1.50. The third kappa shape index (κ3) is 5.50. The lowest BCUT2D eigenvalue weighted by Gasteiger charge is -2.27. The van der Waals surface area contributed by atoms with Crippen molar-refractivity contribution >= 4 is 41.2 Å². The quantitative estimate of drug-likeness (QED) is 0.307. The Labute approximate surface area is 212 Å². The summed E-state index contributed by atoms with van der Waals surface area (Å²) in [5.41, 5.74) is 5.69. The van der Waals surface area contributed by atoms with Crippen molar-refractivity contribution < 1.29 is 33.5 Å². The van der Waals surface area contributed by atoms with Crippen LogP contribution in [0.5, 0.6) is 0 Å². The molecule has 0 aliphatic carbocycles. The van der Waals surface area contributed by atoms with Crippen molar-refractivity contribution in [3.8, 4) is 0 Å². The first-order chi connectivity index (χ1) is 17.4. The summed E-state index contributed by atoms with van der Waals surface area (Å²) in [5, 5.41) is 2.16. The van der Waals surface area contributed by atoms with Crippen LogP contribution in [0.3, 0.4) is 0 Å². The van der Waals surface area contributed by atoms with Gasteiger partial charge in [-0.3, -0.25) is 39.6 Å². The molecule has 192 valence electrons. The highest BCUT2D eigenvalue weighted by Gasteiger charge is 2.45. The van der Waals surface area contributed by atoms with Crippen molar-refractivity contribution in [2.24, 2.45) is 0 Å². The third-order valence-corrected chi connectivity index (χ3v) is 5.80. The van der Waals surface area contributed by atoms with Crippen LogP contribution in [0.15, 0.2) is 42.5 Å². The molecule has 0 spiro atoms. The molecule has 1 unspecified atom stereocenters. The second-order valence-electron chi connectivity index (χ2n) is 9.72. The molecular formula is C26H26N4O7. The molecule has 2 aliphatic heterocycles. The minimum atomic E-state index is -1.09. The van der Waals surface area contributed by atoms with E-state index in [9.17, 15) is 28.8 Å². The number of hydrazine groups is 1. The van der Waals surface area contributed by atoms with Crippen molar-refractivity contribution in [3.63, 3.8) is 0 Å². The van der Waals surface area contributed by atoms with Gasteiger partial charge in [0.25, 0.3) is 11.8 Å². The van der Waals surface area contributed by atoms with Crippen molar-refractivity contribution in [2.45, 2.75) is 51.7 Å². The van der Waals surface area contributed by atoms with Crippen molar-refractivity contribution in [1.82, 2.24) is 15.6 Å². The zero-order valence-electron chi connectivity index (χ0n) is 20.5. The number of hydrogen-bond acceptors (Lipinski definition) is 8. The summed E-state index contributed by atoms with van der Waals surface area (Å²) >= 11 is 0. The molecule has 2 aliphatic rings. The molecule has 0 radical (unpaired) electrons. The second-order valence-corrected chi connectivity index (χ2v) is 9.72. The molecular weight excluding hydrogens is 480 g/mol. The molecule has 1 atom stereocenters. The fourth-order valence-electron chi connectivity index (χ4n) is 4.20. The molecule has 3 N–H and O–H groups in total. The fourth-order valence-corrected chi connectivity index (χ4v) is 4.20. The number of hydrogen-bond donors (Lipinski definition) is 3. The number of Topliss-reactive ketones (excluding diaryl/α,β-unsaturated/α-hetero) is 1. The Bertz CT molecular complexity index is 1330. The van der Waals surface area contributed by atoms with Crippen molar-refractivity contribution in [2.75, 3.05) is 5.43 Å². The number of anilines is 1. The summed E-state index contributed by atoms with van der Waals surface area (Å²) in [4.78, 5) is 75.9. The van der Waals surface area contributed by atoms with E-state index in [2.05, 4.69) is 16.2 Å². The monoisotopic (exact) mass is 506 g/mol. The van der Waals surface area contributed by atoms with E-state index in [4.69, 9.17) is 4.74 Å². The van der Waals surface area contributed by atoms with Crippen LogP contribution in [0.2, 0.25) is 0 Å². The van der Waals surface area contributed by atoms with Gasteiger partial charge in [0.2, 0.25) is 11.8 Å². The van der Waals surface area contributed by atoms with E-state index in [-0.39, 0.29) is 36.2 Å². The molecule has 37 heavy (non-hydrogen) atoms. The Morgan fingerprint density at radius 2 is 1.78 bits per heavy atom. The SMILES string of the molecule is CC(C)(C)OC(=O)NNc1cccc(C(=O)Cc2cccc3c2C(=O)N(C2CCC(=O)NC2=O)C3=O)c1. The molecule has 11 nitrogen and oxygen atoms in total. The molecule has 1 saturated heterocycles. The van der Waals surface area contributed by atoms with E-state index in [1.54, 1.807) is 51.1 Å². The van der Waals surface area contributed by atoms with Crippen molar-refractivity contribution in [1.29, 1.82) is 0 Å². The van der Waals surface area contributed by atoms with Crippen LogP contribution < -0.4 is 16.2 Å². The van der Waals surface area contributed by atoms with Gasteiger partial charge < -0.3 is 4.74 Å². The smallest absolute Gasteiger partial charge is 0.426 e. The maximum Gasteiger partial charge on any atom is 0.426 e. The van der Waals surface area contributed by atoms with Gasteiger partial charge in [0, 0.05) is 18.4 Å². The van der Waals surface area contributed by atoms with Crippen LogP contribution in [0.1, 0.15) is 70.3 Å². The Kier molecular flexibility index (Phi) is 6.80. The highest BCUT2D eigenvalue weighted by atomic mass is 16.6. The van der Waals surface area contributed by atoms with Gasteiger partial charge in [-0.05, 0) is 51.0 Å². The number of piperidine rings is 1. The Morgan fingerprint density at radius 1 is 1.05 bits per heavy atom. The standard InChI is InChI=1S/C26H26N4O7/c1-26(2,3)37-25(36)29-28-16-8-4-6-14(12-16)19(31)13-15-7-5-9-17-21(15)24(35)30(23(17)34)18-10-11-20(32)27-22(18)33/h4-9,12,18,28H,10-11,13H2,1-3H3,(H,29,36)(H,27,32,33). The number of carbonyl (C=O) groups excluding carboxylic acids is 6. The predicted molar refractivity (Wildman–Crippen MR) is 131 cm³/mol. The zero-order valence-corrected chi connectivity index (χ0v) is 20.5. The molecule has 0 saturated carbocycles. The second kappa shape index (κ2) is 9.84. The summed E-state index contributed by atoms with van der Waals surface area (Å²) in [7, 11) is 0. The molecule has 0 bridgehead atoms. The fraction of sp³-hybridized carbons (Fsp3) is 0.308. The van der Waals surface area contributed by atoms with Crippen LogP contribution in [0.4, 0.5) is 10.5 Å². The van der Waals surface area contributed by atoms with E-state index in [1.165, 1.54) is 12.1 Å².